The predicted molar refractivity (Wildman–Crippen MR) is 139 cm³/mol. The van der Waals surface area contributed by atoms with Crippen molar-refractivity contribution in [3.63, 3.8) is 0 Å². The number of halogens is 3. The van der Waals surface area contributed by atoms with Crippen molar-refractivity contribution in [3.8, 4) is 28.1 Å². The van der Waals surface area contributed by atoms with Crippen LogP contribution in [-0.4, -0.2) is 27.4 Å². The van der Waals surface area contributed by atoms with Crippen LogP contribution in [0.1, 0.15) is 28.4 Å². The first-order chi connectivity index (χ1) is 18.3. The number of aromatic nitrogens is 3. The monoisotopic (exact) mass is 516 g/mol. The number of amides is 1. The average molecular weight is 517 g/mol. The second kappa shape index (κ2) is 10.0. The van der Waals surface area contributed by atoms with Gasteiger partial charge in [-0.3, -0.25) is 14.2 Å². The lowest BCUT2D eigenvalue weighted by atomic mass is 9.93. The number of fused-ring (bicyclic) bond motifs is 1. The van der Waals surface area contributed by atoms with Crippen molar-refractivity contribution in [1.29, 1.82) is 0 Å². The molecular weight excluding hydrogens is 493 g/mol. The fourth-order valence-corrected chi connectivity index (χ4v) is 4.35. The maximum absolute atomic E-state index is 13.1. The van der Waals surface area contributed by atoms with Gasteiger partial charge in [0.05, 0.1) is 30.8 Å². The molecule has 9 heteroatoms. The fraction of sp³-hybridized carbons (Fsp3) is 0.138. The molecule has 0 bridgehead atoms. The van der Waals surface area contributed by atoms with Crippen LogP contribution >= 0.6 is 0 Å². The van der Waals surface area contributed by atoms with Gasteiger partial charge in [-0.2, -0.15) is 13.2 Å². The number of aryl methyl sites for hydroxylation is 1. The summed E-state index contributed by atoms with van der Waals surface area (Å²) in [6.45, 7) is 2.01. The molecule has 0 atom stereocenters. The van der Waals surface area contributed by atoms with Crippen molar-refractivity contribution in [2.24, 2.45) is 0 Å². The molecule has 0 radical (unpaired) electrons. The Labute approximate surface area is 216 Å². The second-order valence-electron chi connectivity index (χ2n) is 8.66. The molecule has 38 heavy (non-hydrogen) atoms. The summed E-state index contributed by atoms with van der Waals surface area (Å²) in [7, 11) is 1.58. The standard InChI is InChI=1S/C29H23F3N4O2/c1-3-18-7-8-19(28(37)35-23-6-4-5-22(15-23)29(30,31)32)14-25(18)20-11-21(13-24(12-20)38-2)26-16-34-27-17-33-9-10-36(26)27/h4-17H,3H2,1-2H3,(H,35,37). The molecule has 2 heterocycles. The summed E-state index contributed by atoms with van der Waals surface area (Å²) in [6.07, 6.45) is 3.15. The molecular formula is C29H23F3N4O2. The van der Waals surface area contributed by atoms with E-state index in [9.17, 15) is 18.0 Å². The van der Waals surface area contributed by atoms with Gasteiger partial charge in [-0.25, -0.2) is 4.98 Å². The summed E-state index contributed by atoms with van der Waals surface area (Å²) < 4.78 is 46.8. The number of alkyl halides is 3. The number of hydrogen-bond acceptors (Lipinski definition) is 4. The highest BCUT2D eigenvalue weighted by molar-refractivity contribution is 6.05. The fourth-order valence-electron chi connectivity index (χ4n) is 4.35. The maximum atomic E-state index is 13.1. The minimum absolute atomic E-state index is 0.0664. The molecule has 3 aromatic carbocycles. The van der Waals surface area contributed by atoms with Gasteiger partial charge in [0, 0.05) is 29.2 Å². The molecule has 0 aliphatic rings. The molecule has 5 rings (SSSR count). The molecule has 1 amide bonds. The third-order valence-corrected chi connectivity index (χ3v) is 6.27. The minimum Gasteiger partial charge on any atom is -0.497 e. The summed E-state index contributed by atoms with van der Waals surface area (Å²) in [5.41, 5.74) is 4.62. The number of nitrogens with zero attached hydrogens (tertiary/aromatic N) is 3. The van der Waals surface area contributed by atoms with Crippen molar-refractivity contribution >= 4 is 17.2 Å². The van der Waals surface area contributed by atoms with Crippen LogP contribution in [0.2, 0.25) is 0 Å². The van der Waals surface area contributed by atoms with Crippen molar-refractivity contribution in [2.75, 3.05) is 12.4 Å². The molecule has 0 spiro atoms. The molecule has 0 saturated heterocycles. The largest absolute Gasteiger partial charge is 0.497 e. The van der Waals surface area contributed by atoms with Gasteiger partial charge >= 0.3 is 6.18 Å². The van der Waals surface area contributed by atoms with E-state index >= 15 is 0 Å². The SMILES string of the molecule is CCc1ccc(C(=O)Nc2cccc(C(F)(F)F)c2)cc1-c1cc(OC)cc(-c2cnc3cnccn23)c1. The van der Waals surface area contributed by atoms with Gasteiger partial charge in [-0.15, -0.1) is 0 Å². The maximum Gasteiger partial charge on any atom is 0.416 e. The summed E-state index contributed by atoms with van der Waals surface area (Å²) in [5, 5.41) is 2.58. The Morgan fingerprint density at radius 2 is 1.84 bits per heavy atom. The van der Waals surface area contributed by atoms with Gasteiger partial charge in [-0.05, 0) is 71.6 Å². The van der Waals surface area contributed by atoms with E-state index in [1.54, 1.807) is 37.8 Å². The zero-order chi connectivity index (χ0) is 26.9. The molecule has 5 aromatic rings. The van der Waals surface area contributed by atoms with E-state index in [2.05, 4.69) is 15.3 Å². The van der Waals surface area contributed by atoms with Crippen LogP contribution in [0.3, 0.4) is 0 Å². The Kier molecular flexibility index (Phi) is 6.59. The van der Waals surface area contributed by atoms with Gasteiger partial charge in [0.15, 0.2) is 5.65 Å². The van der Waals surface area contributed by atoms with Crippen LogP contribution in [0.15, 0.2) is 85.5 Å². The number of anilines is 1. The van der Waals surface area contributed by atoms with E-state index in [0.29, 0.717) is 23.4 Å². The molecule has 0 aliphatic carbocycles. The third kappa shape index (κ3) is 4.95. The van der Waals surface area contributed by atoms with E-state index < -0.39 is 17.6 Å². The Balaban J connectivity index is 1.54. The van der Waals surface area contributed by atoms with Gasteiger partial charge < -0.3 is 10.1 Å². The molecule has 0 fully saturated rings. The summed E-state index contributed by atoms with van der Waals surface area (Å²) in [4.78, 5) is 21.6. The lowest BCUT2D eigenvalue weighted by Gasteiger charge is -2.15. The van der Waals surface area contributed by atoms with Crippen LogP contribution in [0, 0.1) is 0 Å². The van der Waals surface area contributed by atoms with Gasteiger partial charge in [0.2, 0.25) is 0 Å². The molecule has 1 N–H and O–H groups in total. The number of carbonyl (C=O) groups excluding carboxylic acids is 1. The van der Waals surface area contributed by atoms with Crippen LogP contribution in [0.5, 0.6) is 5.75 Å². The average Bonchev–Trinajstić information content (AvgIpc) is 3.36. The topological polar surface area (TPSA) is 68.5 Å². The normalized spacial score (nSPS) is 11.5. The van der Waals surface area contributed by atoms with Crippen molar-refractivity contribution in [2.45, 2.75) is 19.5 Å². The van der Waals surface area contributed by atoms with Gasteiger partial charge in [-0.1, -0.05) is 19.1 Å². The molecule has 0 unspecified atom stereocenters. The first-order valence-corrected chi connectivity index (χ1v) is 11.8. The smallest absolute Gasteiger partial charge is 0.416 e. The highest BCUT2D eigenvalue weighted by Gasteiger charge is 2.30. The number of ether oxygens (including phenoxy) is 1. The Morgan fingerprint density at radius 1 is 1.03 bits per heavy atom. The number of carbonyl (C=O) groups is 1. The highest BCUT2D eigenvalue weighted by Crippen LogP contribution is 2.35. The molecule has 192 valence electrons. The van der Waals surface area contributed by atoms with Crippen LogP contribution < -0.4 is 10.1 Å². The minimum atomic E-state index is -4.50. The molecule has 6 nitrogen and oxygen atoms in total. The summed E-state index contributed by atoms with van der Waals surface area (Å²) in [5.74, 6) is 0.119. The first-order valence-electron chi connectivity index (χ1n) is 11.8. The number of nitrogens with one attached hydrogen (secondary N) is 1. The van der Waals surface area contributed by atoms with Crippen molar-refractivity contribution < 1.29 is 22.7 Å². The Bertz CT molecular complexity index is 1640. The first kappa shape index (κ1) is 25.0. The van der Waals surface area contributed by atoms with Crippen LogP contribution in [0.4, 0.5) is 18.9 Å². The number of rotatable bonds is 6. The Morgan fingerprint density at radius 3 is 2.61 bits per heavy atom. The lowest BCUT2D eigenvalue weighted by molar-refractivity contribution is -0.137. The summed E-state index contributed by atoms with van der Waals surface area (Å²) >= 11 is 0. The lowest BCUT2D eigenvalue weighted by Crippen LogP contribution is -2.13. The van der Waals surface area contributed by atoms with E-state index in [0.717, 1.165) is 40.1 Å². The number of imidazole rings is 1. The van der Waals surface area contributed by atoms with Gasteiger partial charge in [0.25, 0.3) is 5.91 Å². The zero-order valence-electron chi connectivity index (χ0n) is 20.6. The van der Waals surface area contributed by atoms with E-state index in [1.165, 1.54) is 12.1 Å². The number of benzene rings is 3. The van der Waals surface area contributed by atoms with E-state index in [-0.39, 0.29) is 5.69 Å². The molecule has 0 saturated carbocycles. The van der Waals surface area contributed by atoms with Crippen molar-refractivity contribution in [3.05, 3.63) is 102 Å². The third-order valence-electron chi connectivity index (χ3n) is 6.27. The molecule has 2 aromatic heterocycles. The second-order valence-corrected chi connectivity index (χ2v) is 8.66. The van der Waals surface area contributed by atoms with E-state index in [1.807, 2.05) is 41.8 Å². The quantitative estimate of drug-likeness (QED) is 0.266. The van der Waals surface area contributed by atoms with Crippen molar-refractivity contribution in [1.82, 2.24) is 14.4 Å². The highest BCUT2D eigenvalue weighted by atomic mass is 19.4. The number of methoxy groups -OCH3 is 1. The summed E-state index contributed by atoms with van der Waals surface area (Å²) in [6, 6.07) is 15.6. The predicted octanol–water partition coefficient (Wildman–Crippen LogP) is 6.91. The van der Waals surface area contributed by atoms with Crippen LogP contribution in [0.25, 0.3) is 28.0 Å². The Hall–Kier alpha value is -4.66. The molecule has 0 aliphatic heterocycles. The zero-order valence-corrected chi connectivity index (χ0v) is 20.6. The van der Waals surface area contributed by atoms with E-state index in [4.69, 9.17) is 4.74 Å². The number of hydrogen-bond donors (Lipinski definition) is 1. The van der Waals surface area contributed by atoms with Crippen LogP contribution in [-0.2, 0) is 12.6 Å². The van der Waals surface area contributed by atoms with Gasteiger partial charge in [0.1, 0.15) is 5.75 Å².